The highest BCUT2D eigenvalue weighted by atomic mass is 35.5. The summed E-state index contributed by atoms with van der Waals surface area (Å²) < 4.78 is 4.67. The summed E-state index contributed by atoms with van der Waals surface area (Å²) in [7, 11) is 1.34. The van der Waals surface area contributed by atoms with E-state index in [1.54, 1.807) is 36.9 Å². The van der Waals surface area contributed by atoms with Crippen LogP contribution in [-0.4, -0.2) is 37.0 Å². The normalized spacial score (nSPS) is 11.2. The van der Waals surface area contributed by atoms with E-state index in [1.165, 1.54) is 7.11 Å². The van der Waals surface area contributed by atoms with Crippen LogP contribution in [0, 0.1) is 6.92 Å². The van der Waals surface area contributed by atoms with E-state index >= 15 is 0 Å². The Balaban J connectivity index is 0.00000400. The van der Waals surface area contributed by atoms with Crippen molar-refractivity contribution in [3.63, 3.8) is 0 Å². The molecule has 118 valence electrons. The van der Waals surface area contributed by atoms with Crippen LogP contribution in [0.1, 0.15) is 22.3 Å². The molecule has 1 aromatic carbocycles. The van der Waals surface area contributed by atoms with Crippen LogP contribution in [0.3, 0.4) is 0 Å². The van der Waals surface area contributed by atoms with Crippen molar-refractivity contribution >= 4 is 41.7 Å². The van der Waals surface area contributed by atoms with E-state index in [0.29, 0.717) is 17.7 Å². The van der Waals surface area contributed by atoms with E-state index in [9.17, 15) is 9.59 Å². The molecule has 0 aromatic heterocycles. The lowest BCUT2D eigenvalue weighted by Gasteiger charge is -2.13. The van der Waals surface area contributed by atoms with E-state index in [0.717, 1.165) is 11.3 Å². The van der Waals surface area contributed by atoms with Crippen molar-refractivity contribution < 1.29 is 14.3 Å². The predicted octanol–water partition coefficient (Wildman–Crippen LogP) is 2.22. The average molecular weight is 333 g/mol. The van der Waals surface area contributed by atoms with Gasteiger partial charge in [0.1, 0.15) is 0 Å². The van der Waals surface area contributed by atoms with E-state index < -0.39 is 12.0 Å². The summed E-state index contributed by atoms with van der Waals surface area (Å²) in [5.74, 6) is 0.232. The Kier molecular flexibility index (Phi) is 9.08. The third kappa shape index (κ3) is 5.95. The maximum Gasteiger partial charge on any atom is 0.338 e. The Morgan fingerprint density at radius 3 is 2.62 bits per heavy atom. The molecule has 0 aliphatic carbocycles. The molecule has 0 fully saturated rings. The van der Waals surface area contributed by atoms with E-state index in [4.69, 9.17) is 5.73 Å². The molecule has 1 atom stereocenters. The van der Waals surface area contributed by atoms with Crippen LogP contribution in [0.15, 0.2) is 18.2 Å². The minimum Gasteiger partial charge on any atom is -0.465 e. The van der Waals surface area contributed by atoms with Crippen molar-refractivity contribution in [1.82, 2.24) is 0 Å². The van der Waals surface area contributed by atoms with Crippen LogP contribution in [0.2, 0.25) is 0 Å². The standard InChI is InChI=1S/C14H20N2O3S.ClH/c1-9-8-10(4-5-11(9)14(18)19-2)16-13(17)12(15)6-7-20-3;/h4-5,8,12H,6-7,15H2,1-3H3,(H,16,17);1H/t12-;/m0./s1. The Morgan fingerprint density at radius 1 is 1.43 bits per heavy atom. The highest BCUT2D eigenvalue weighted by Crippen LogP contribution is 2.16. The van der Waals surface area contributed by atoms with Crippen LogP contribution in [-0.2, 0) is 9.53 Å². The first-order chi connectivity index (χ1) is 9.49. The number of thioether (sulfide) groups is 1. The highest BCUT2D eigenvalue weighted by Gasteiger charge is 2.14. The second-order valence-corrected chi connectivity index (χ2v) is 5.38. The topological polar surface area (TPSA) is 81.4 Å². The van der Waals surface area contributed by atoms with Crippen LogP contribution in [0.4, 0.5) is 5.69 Å². The lowest BCUT2D eigenvalue weighted by molar-refractivity contribution is -0.117. The molecule has 1 amide bonds. The molecule has 1 aromatic rings. The molecule has 0 heterocycles. The number of carbonyl (C=O) groups excluding carboxylic acids is 2. The van der Waals surface area contributed by atoms with Gasteiger partial charge in [-0.3, -0.25) is 4.79 Å². The number of amides is 1. The average Bonchev–Trinajstić information content (AvgIpc) is 2.44. The summed E-state index contributed by atoms with van der Waals surface area (Å²) in [4.78, 5) is 23.3. The molecule has 0 saturated carbocycles. The monoisotopic (exact) mass is 332 g/mol. The Hall–Kier alpha value is -1.24. The number of carbonyl (C=O) groups is 2. The molecular weight excluding hydrogens is 312 g/mol. The zero-order valence-electron chi connectivity index (χ0n) is 12.3. The van der Waals surface area contributed by atoms with Gasteiger partial charge in [0.25, 0.3) is 0 Å². The number of halogens is 1. The SMILES string of the molecule is COC(=O)c1ccc(NC(=O)[C@@H](N)CCSC)cc1C.Cl. The van der Waals surface area contributed by atoms with E-state index in [1.807, 2.05) is 6.26 Å². The number of nitrogens with one attached hydrogen (secondary N) is 1. The van der Waals surface area contributed by atoms with Gasteiger partial charge in [-0.1, -0.05) is 0 Å². The van der Waals surface area contributed by atoms with Gasteiger partial charge >= 0.3 is 5.97 Å². The summed E-state index contributed by atoms with van der Waals surface area (Å²) in [5.41, 5.74) is 7.64. The summed E-state index contributed by atoms with van der Waals surface area (Å²) >= 11 is 1.65. The van der Waals surface area contributed by atoms with Crippen molar-refractivity contribution in [2.75, 3.05) is 24.4 Å². The molecule has 0 saturated heterocycles. The van der Waals surface area contributed by atoms with Gasteiger partial charge in [0.05, 0.1) is 18.7 Å². The summed E-state index contributed by atoms with van der Waals surface area (Å²) in [6.45, 7) is 1.79. The van der Waals surface area contributed by atoms with Crippen LogP contribution in [0.25, 0.3) is 0 Å². The quantitative estimate of drug-likeness (QED) is 0.781. The number of hydrogen-bond donors (Lipinski definition) is 2. The minimum absolute atomic E-state index is 0. The molecule has 0 aliphatic heterocycles. The van der Waals surface area contributed by atoms with Crippen LogP contribution in [0.5, 0.6) is 0 Å². The fraction of sp³-hybridized carbons (Fsp3) is 0.429. The molecule has 0 aliphatic rings. The molecular formula is C14H21ClN2O3S. The van der Waals surface area contributed by atoms with Gasteiger partial charge in [0.2, 0.25) is 5.91 Å². The maximum absolute atomic E-state index is 11.9. The third-order valence-corrected chi connectivity index (χ3v) is 3.51. The Labute approximate surface area is 135 Å². The molecule has 3 N–H and O–H groups in total. The summed E-state index contributed by atoms with van der Waals surface area (Å²) in [6.07, 6.45) is 2.60. The molecule has 1 rings (SSSR count). The molecule has 5 nitrogen and oxygen atoms in total. The van der Waals surface area contributed by atoms with Gasteiger partial charge < -0.3 is 15.8 Å². The third-order valence-electron chi connectivity index (χ3n) is 2.87. The van der Waals surface area contributed by atoms with Crippen molar-refractivity contribution in [1.29, 1.82) is 0 Å². The van der Waals surface area contributed by atoms with Gasteiger partial charge in [0.15, 0.2) is 0 Å². The maximum atomic E-state index is 11.9. The number of anilines is 1. The number of ether oxygens (including phenoxy) is 1. The minimum atomic E-state index is -0.525. The van der Waals surface area contributed by atoms with Crippen molar-refractivity contribution in [3.05, 3.63) is 29.3 Å². The van der Waals surface area contributed by atoms with Crippen LogP contribution < -0.4 is 11.1 Å². The number of hydrogen-bond acceptors (Lipinski definition) is 5. The highest BCUT2D eigenvalue weighted by molar-refractivity contribution is 7.98. The van der Waals surface area contributed by atoms with Gasteiger partial charge in [-0.05, 0) is 49.1 Å². The van der Waals surface area contributed by atoms with Crippen LogP contribution >= 0.6 is 24.2 Å². The number of benzene rings is 1. The lowest BCUT2D eigenvalue weighted by atomic mass is 10.1. The van der Waals surface area contributed by atoms with Crippen molar-refractivity contribution in [3.8, 4) is 0 Å². The van der Waals surface area contributed by atoms with E-state index in [-0.39, 0.29) is 18.3 Å². The zero-order valence-corrected chi connectivity index (χ0v) is 14.0. The van der Waals surface area contributed by atoms with Gasteiger partial charge in [-0.2, -0.15) is 11.8 Å². The van der Waals surface area contributed by atoms with Crippen molar-refractivity contribution in [2.45, 2.75) is 19.4 Å². The Morgan fingerprint density at radius 2 is 2.10 bits per heavy atom. The number of esters is 1. The van der Waals surface area contributed by atoms with Gasteiger partial charge in [0, 0.05) is 5.69 Å². The molecule has 0 unspecified atom stereocenters. The molecule has 0 spiro atoms. The number of nitrogens with two attached hydrogens (primary N) is 1. The fourth-order valence-electron chi connectivity index (χ4n) is 1.69. The van der Waals surface area contributed by atoms with Gasteiger partial charge in [-0.25, -0.2) is 4.79 Å². The number of aryl methyl sites for hydroxylation is 1. The van der Waals surface area contributed by atoms with Crippen molar-refractivity contribution in [2.24, 2.45) is 5.73 Å². The second-order valence-electron chi connectivity index (χ2n) is 4.40. The molecule has 0 bridgehead atoms. The Bertz CT molecular complexity index is 497. The number of methoxy groups -OCH3 is 1. The predicted molar refractivity (Wildman–Crippen MR) is 89.4 cm³/mol. The first kappa shape index (κ1) is 19.8. The number of rotatable bonds is 6. The molecule has 0 radical (unpaired) electrons. The summed E-state index contributed by atoms with van der Waals surface area (Å²) in [6, 6.07) is 4.50. The second kappa shape index (κ2) is 9.65. The molecule has 21 heavy (non-hydrogen) atoms. The zero-order chi connectivity index (χ0) is 15.1. The first-order valence-corrected chi connectivity index (χ1v) is 7.63. The molecule has 7 heteroatoms. The first-order valence-electron chi connectivity index (χ1n) is 6.24. The smallest absolute Gasteiger partial charge is 0.338 e. The largest absolute Gasteiger partial charge is 0.465 e. The lowest BCUT2D eigenvalue weighted by Crippen LogP contribution is -2.36. The fourth-order valence-corrected chi connectivity index (χ4v) is 2.18. The van der Waals surface area contributed by atoms with E-state index in [2.05, 4.69) is 10.1 Å². The van der Waals surface area contributed by atoms with Gasteiger partial charge in [-0.15, -0.1) is 12.4 Å². The summed E-state index contributed by atoms with van der Waals surface area (Å²) in [5, 5.41) is 2.75.